The molecule has 32 heavy (non-hydrogen) atoms. The van der Waals surface area contributed by atoms with Gasteiger partial charge in [-0.15, -0.1) is 11.3 Å². The van der Waals surface area contributed by atoms with Crippen molar-refractivity contribution >= 4 is 49.7 Å². The monoisotopic (exact) mass is 483 g/mol. The van der Waals surface area contributed by atoms with Gasteiger partial charge in [0.05, 0.1) is 16.3 Å². The molecule has 0 radical (unpaired) electrons. The molecule has 4 rings (SSSR count). The highest BCUT2D eigenvalue weighted by molar-refractivity contribution is 7.92. The Labute approximate surface area is 195 Å². The number of nitrogens with zero attached hydrogens (tertiary/aromatic N) is 1. The van der Waals surface area contributed by atoms with Crippen LogP contribution in [0.1, 0.15) is 15.9 Å². The molecule has 4 aromatic rings. The van der Waals surface area contributed by atoms with Gasteiger partial charge in [0.25, 0.3) is 15.9 Å². The fraction of sp³-hybridized carbons (Fsp3) is 0.0435. The highest BCUT2D eigenvalue weighted by atomic mass is 35.5. The molecule has 0 bridgehead atoms. The summed E-state index contributed by atoms with van der Waals surface area (Å²) in [5, 5.41) is 5.44. The maximum absolute atomic E-state index is 12.8. The molecule has 2 N–H and O–H groups in total. The topological polar surface area (TPSA) is 88.2 Å². The summed E-state index contributed by atoms with van der Waals surface area (Å²) >= 11 is 7.12. The van der Waals surface area contributed by atoms with E-state index in [1.807, 2.05) is 19.1 Å². The molecule has 0 fully saturated rings. The Hall–Kier alpha value is -3.20. The lowest BCUT2D eigenvalue weighted by Crippen LogP contribution is -2.14. The standard InChI is InChI=1S/C23H18ClN3O3S2/c1-15-6-2-3-7-18(15)22(28)26-23-25-21(14-31-23)19-8-4-5-9-20(19)27-32(29,30)17-12-10-16(24)11-13-17/h2-14,27H,1H3,(H,25,26,28). The van der Waals surface area contributed by atoms with E-state index in [4.69, 9.17) is 11.6 Å². The van der Waals surface area contributed by atoms with Crippen LogP contribution in [0, 0.1) is 6.92 Å². The molecule has 0 aliphatic carbocycles. The van der Waals surface area contributed by atoms with Gasteiger partial charge in [-0.25, -0.2) is 13.4 Å². The lowest BCUT2D eigenvalue weighted by atomic mass is 10.1. The number of hydrogen-bond acceptors (Lipinski definition) is 5. The van der Waals surface area contributed by atoms with Crippen LogP contribution in [0.25, 0.3) is 11.3 Å². The largest absolute Gasteiger partial charge is 0.298 e. The van der Waals surface area contributed by atoms with E-state index >= 15 is 0 Å². The Morgan fingerprint density at radius 2 is 1.66 bits per heavy atom. The van der Waals surface area contributed by atoms with Gasteiger partial charge in [0.2, 0.25) is 0 Å². The molecule has 1 aromatic heterocycles. The Balaban J connectivity index is 1.58. The maximum Gasteiger partial charge on any atom is 0.261 e. The van der Waals surface area contributed by atoms with Crippen LogP contribution in [0.3, 0.4) is 0 Å². The molecule has 0 spiro atoms. The van der Waals surface area contributed by atoms with Crippen LogP contribution < -0.4 is 10.0 Å². The summed E-state index contributed by atoms with van der Waals surface area (Å²) in [7, 11) is -3.82. The van der Waals surface area contributed by atoms with Crippen LogP contribution in [0.4, 0.5) is 10.8 Å². The quantitative estimate of drug-likeness (QED) is 0.361. The molecule has 162 valence electrons. The van der Waals surface area contributed by atoms with Gasteiger partial charge in [-0.1, -0.05) is 48.0 Å². The number of nitrogens with one attached hydrogen (secondary N) is 2. The zero-order valence-electron chi connectivity index (χ0n) is 16.9. The van der Waals surface area contributed by atoms with Crippen LogP contribution >= 0.6 is 22.9 Å². The molecule has 0 unspecified atom stereocenters. The summed E-state index contributed by atoms with van der Waals surface area (Å²) in [6.07, 6.45) is 0. The van der Waals surface area contributed by atoms with Crippen LogP contribution in [0.5, 0.6) is 0 Å². The summed E-state index contributed by atoms with van der Waals surface area (Å²) < 4.78 is 28.2. The second kappa shape index (κ2) is 9.12. The average Bonchev–Trinajstić information content (AvgIpc) is 3.22. The van der Waals surface area contributed by atoms with Crippen molar-refractivity contribution in [3.63, 3.8) is 0 Å². The van der Waals surface area contributed by atoms with Crippen LogP contribution in [0.15, 0.2) is 83.1 Å². The lowest BCUT2D eigenvalue weighted by Gasteiger charge is -2.11. The van der Waals surface area contributed by atoms with Crippen LogP contribution in [-0.2, 0) is 10.0 Å². The molecule has 0 saturated heterocycles. The zero-order chi connectivity index (χ0) is 22.7. The molecule has 1 amide bonds. The van der Waals surface area contributed by atoms with E-state index in [-0.39, 0.29) is 10.8 Å². The van der Waals surface area contributed by atoms with E-state index in [9.17, 15) is 13.2 Å². The molecule has 3 aromatic carbocycles. The van der Waals surface area contributed by atoms with Crippen molar-refractivity contribution in [3.05, 3.63) is 94.3 Å². The Bertz CT molecular complexity index is 1380. The molecule has 0 saturated carbocycles. The minimum Gasteiger partial charge on any atom is -0.298 e. The summed E-state index contributed by atoms with van der Waals surface area (Å²) in [4.78, 5) is 17.2. The first kappa shape index (κ1) is 22.0. The number of rotatable bonds is 6. The number of carbonyl (C=O) groups excluding carboxylic acids is 1. The number of para-hydroxylation sites is 1. The van der Waals surface area contributed by atoms with E-state index in [0.29, 0.717) is 32.7 Å². The van der Waals surface area contributed by atoms with Crippen molar-refractivity contribution in [2.45, 2.75) is 11.8 Å². The fourth-order valence-electron chi connectivity index (χ4n) is 3.06. The Morgan fingerprint density at radius 3 is 2.41 bits per heavy atom. The van der Waals surface area contributed by atoms with Crippen molar-refractivity contribution in [2.24, 2.45) is 0 Å². The van der Waals surface area contributed by atoms with Crippen molar-refractivity contribution < 1.29 is 13.2 Å². The van der Waals surface area contributed by atoms with Gasteiger partial charge in [-0.3, -0.25) is 14.8 Å². The van der Waals surface area contributed by atoms with E-state index < -0.39 is 10.0 Å². The minimum atomic E-state index is -3.82. The molecule has 0 aliphatic rings. The van der Waals surface area contributed by atoms with E-state index in [2.05, 4.69) is 15.0 Å². The van der Waals surface area contributed by atoms with Gasteiger partial charge in [-0.2, -0.15) is 0 Å². The number of benzene rings is 3. The van der Waals surface area contributed by atoms with Crippen LogP contribution in [0.2, 0.25) is 5.02 Å². The molecule has 1 heterocycles. The van der Waals surface area contributed by atoms with Crippen molar-refractivity contribution in [1.82, 2.24) is 4.98 Å². The van der Waals surface area contributed by atoms with E-state index in [0.717, 1.165) is 5.56 Å². The van der Waals surface area contributed by atoms with Gasteiger partial charge in [0.1, 0.15) is 0 Å². The zero-order valence-corrected chi connectivity index (χ0v) is 19.3. The molecule has 0 atom stereocenters. The average molecular weight is 484 g/mol. The number of sulfonamides is 1. The van der Waals surface area contributed by atoms with Gasteiger partial charge < -0.3 is 0 Å². The third kappa shape index (κ3) is 4.83. The van der Waals surface area contributed by atoms with E-state index in [1.165, 1.54) is 35.6 Å². The Kier molecular flexibility index (Phi) is 6.27. The smallest absolute Gasteiger partial charge is 0.261 e. The van der Waals surface area contributed by atoms with Gasteiger partial charge in [0.15, 0.2) is 5.13 Å². The maximum atomic E-state index is 12.8. The molecular weight excluding hydrogens is 466 g/mol. The molecule has 6 nitrogen and oxygen atoms in total. The number of amides is 1. The predicted molar refractivity (Wildman–Crippen MR) is 129 cm³/mol. The molecular formula is C23H18ClN3O3S2. The first-order chi connectivity index (χ1) is 15.3. The molecule has 0 aliphatic heterocycles. The summed E-state index contributed by atoms with van der Waals surface area (Å²) in [6.45, 7) is 1.87. The van der Waals surface area contributed by atoms with Crippen molar-refractivity contribution in [1.29, 1.82) is 0 Å². The second-order valence-electron chi connectivity index (χ2n) is 6.91. The SMILES string of the molecule is Cc1ccccc1C(=O)Nc1nc(-c2ccccc2NS(=O)(=O)c2ccc(Cl)cc2)cs1. The number of hydrogen-bond donors (Lipinski definition) is 2. The van der Waals surface area contributed by atoms with Gasteiger partial charge in [0, 0.05) is 21.5 Å². The first-order valence-corrected chi connectivity index (χ1v) is 12.3. The summed E-state index contributed by atoms with van der Waals surface area (Å²) in [5.41, 5.74) is 2.95. The number of thiazole rings is 1. The number of aromatic nitrogens is 1. The summed E-state index contributed by atoms with van der Waals surface area (Å²) in [6, 6.07) is 20.2. The number of aryl methyl sites for hydroxylation is 1. The number of anilines is 2. The van der Waals surface area contributed by atoms with Gasteiger partial charge >= 0.3 is 0 Å². The van der Waals surface area contributed by atoms with E-state index in [1.54, 1.807) is 41.8 Å². The molecule has 9 heteroatoms. The second-order valence-corrected chi connectivity index (χ2v) is 9.89. The first-order valence-electron chi connectivity index (χ1n) is 9.54. The van der Waals surface area contributed by atoms with Crippen LogP contribution in [-0.4, -0.2) is 19.3 Å². The highest BCUT2D eigenvalue weighted by Crippen LogP contribution is 2.32. The number of halogens is 1. The van der Waals surface area contributed by atoms with Crippen molar-refractivity contribution in [2.75, 3.05) is 10.0 Å². The Morgan fingerprint density at radius 1 is 0.969 bits per heavy atom. The van der Waals surface area contributed by atoms with Crippen molar-refractivity contribution in [3.8, 4) is 11.3 Å². The minimum absolute atomic E-state index is 0.0983. The highest BCUT2D eigenvalue weighted by Gasteiger charge is 2.18. The normalized spacial score (nSPS) is 11.2. The fourth-order valence-corrected chi connectivity index (χ4v) is 4.97. The number of carbonyl (C=O) groups is 1. The lowest BCUT2D eigenvalue weighted by molar-refractivity contribution is 0.102. The van der Waals surface area contributed by atoms with Gasteiger partial charge in [-0.05, 0) is 48.9 Å². The third-order valence-electron chi connectivity index (χ3n) is 4.69. The predicted octanol–water partition coefficient (Wildman–Crippen LogP) is 5.83. The third-order valence-corrected chi connectivity index (χ3v) is 7.08. The summed E-state index contributed by atoms with van der Waals surface area (Å²) in [5.74, 6) is -0.249.